The second-order valence-corrected chi connectivity index (χ2v) is 7.95. The highest BCUT2D eigenvalue weighted by Gasteiger charge is 2.18. The number of ether oxygens (including phenoxy) is 1. The third-order valence-electron chi connectivity index (χ3n) is 4.38. The first kappa shape index (κ1) is 20.6. The third-order valence-corrected chi connectivity index (χ3v) is 5.55. The molecule has 0 radical (unpaired) electrons. The Bertz CT molecular complexity index is 979. The molecule has 0 bridgehead atoms. The summed E-state index contributed by atoms with van der Waals surface area (Å²) in [4.78, 5) is 26.0. The van der Waals surface area contributed by atoms with Gasteiger partial charge in [0.15, 0.2) is 0 Å². The predicted octanol–water partition coefficient (Wildman–Crippen LogP) is 4.95. The molecule has 0 spiro atoms. The van der Waals surface area contributed by atoms with E-state index in [0.29, 0.717) is 17.2 Å². The summed E-state index contributed by atoms with van der Waals surface area (Å²) >= 11 is 1.41. The Balaban J connectivity index is 1.65. The highest BCUT2D eigenvalue weighted by atomic mass is 32.1. The van der Waals surface area contributed by atoms with E-state index in [1.807, 2.05) is 74.5 Å². The van der Waals surface area contributed by atoms with Crippen LogP contribution in [0, 0.1) is 5.92 Å². The second kappa shape index (κ2) is 9.39. The molecule has 150 valence electrons. The fourth-order valence-corrected chi connectivity index (χ4v) is 3.73. The van der Waals surface area contributed by atoms with Crippen LogP contribution in [0.3, 0.4) is 0 Å². The van der Waals surface area contributed by atoms with Crippen LogP contribution in [0.25, 0.3) is 10.4 Å². The number of benzene rings is 2. The Kier molecular flexibility index (Phi) is 6.67. The van der Waals surface area contributed by atoms with E-state index in [1.54, 1.807) is 7.11 Å². The molecule has 0 aliphatic carbocycles. The lowest BCUT2D eigenvalue weighted by Gasteiger charge is -2.09. The zero-order valence-corrected chi connectivity index (χ0v) is 17.5. The van der Waals surface area contributed by atoms with Gasteiger partial charge in [-0.05, 0) is 29.3 Å². The maximum atomic E-state index is 12.7. The van der Waals surface area contributed by atoms with E-state index in [1.165, 1.54) is 11.3 Å². The van der Waals surface area contributed by atoms with E-state index in [-0.39, 0.29) is 17.7 Å². The van der Waals surface area contributed by atoms with Gasteiger partial charge in [0.25, 0.3) is 5.91 Å². The molecule has 0 aliphatic rings. The Labute approximate surface area is 174 Å². The van der Waals surface area contributed by atoms with E-state index in [4.69, 9.17) is 4.74 Å². The first-order valence-electron chi connectivity index (χ1n) is 9.39. The summed E-state index contributed by atoms with van der Waals surface area (Å²) in [6.07, 6.45) is 0. The summed E-state index contributed by atoms with van der Waals surface area (Å²) in [5, 5.41) is 5.79. The van der Waals surface area contributed by atoms with Crippen molar-refractivity contribution < 1.29 is 14.3 Å². The molecule has 0 saturated carbocycles. The molecule has 6 heteroatoms. The Morgan fingerprint density at radius 2 is 1.72 bits per heavy atom. The lowest BCUT2D eigenvalue weighted by molar-refractivity contribution is -0.118. The van der Waals surface area contributed by atoms with Crippen LogP contribution in [0.4, 0.5) is 5.69 Å². The molecular formula is C23H24N2O3S. The van der Waals surface area contributed by atoms with Crippen LogP contribution >= 0.6 is 11.3 Å². The largest absolute Gasteiger partial charge is 0.495 e. The molecule has 0 aliphatic heterocycles. The van der Waals surface area contributed by atoms with Crippen molar-refractivity contribution in [3.8, 4) is 16.2 Å². The molecule has 0 atom stereocenters. The zero-order chi connectivity index (χ0) is 20.8. The zero-order valence-electron chi connectivity index (χ0n) is 16.7. The van der Waals surface area contributed by atoms with Crippen molar-refractivity contribution in [2.75, 3.05) is 12.4 Å². The number of thiophene rings is 1. The standard InChI is InChI=1S/C23H24N2O3S/c1-15(2)22(26)25-18-11-9-16(10-12-18)14-24-23(27)21-19(28-3)13-20(29-21)17-7-5-4-6-8-17/h4-13,15H,14H2,1-3H3,(H,24,27)(H,25,26). The monoisotopic (exact) mass is 408 g/mol. The van der Waals surface area contributed by atoms with Crippen LogP contribution in [0.1, 0.15) is 29.1 Å². The number of hydrogen-bond donors (Lipinski definition) is 2. The highest BCUT2D eigenvalue weighted by Crippen LogP contribution is 2.36. The number of carbonyl (C=O) groups is 2. The van der Waals surface area contributed by atoms with Gasteiger partial charge in [0.05, 0.1) is 7.11 Å². The Hall–Kier alpha value is -3.12. The van der Waals surface area contributed by atoms with E-state index >= 15 is 0 Å². The van der Waals surface area contributed by atoms with Gasteiger partial charge in [0.2, 0.25) is 5.91 Å². The molecule has 1 aromatic heterocycles. The van der Waals surface area contributed by atoms with Crippen molar-refractivity contribution in [2.45, 2.75) is 20.4 Å². The third kappa shape index (κ3) is 5.23. The van der Waals surface area contributed by atoms with Gasteiger partial charge in [-0.15, -0.1) is 11.3 Å². The quantitative estimate of drug-likeness (QED) is 0.581. The summed E-state index contributed by atoms with van der Waals surface area (Å²) in [5.41, 5.74) is 2.74. The molecule has 3 rings (SSSR count). The van der Waals surface area contributed by atoms with Crippen LogP contribution < -0.4 is 15.4 Å². The van der Waals surface area contributed by atoms with Crippen molar-refractivity contribution in [2.24, 2.45) is 5.92 Å². The molecule has 2 amide bonds. The number of methoxy groups -OCH3 is 1. The summed E-state index contributed by atoms with van der Waals surface area (Å²) in [5.74, 6) is 0.296. The van der Waals surface area contributed by atoms with Crippen LogP contribution in [-0.2, 0) is 11.3 Å². The van der Waals surface area contributed by atoms with Crippen molar-refractivity contribution in [3.05, 3.63) is 71.1 Å². The summed E-state index contributed by atoms with van der Waals surface area (Å²) < 4.78 is 5.40. The molecule has 0 saturated heterocycles. The van der Waals surface area contributed by atoms with Gasteiger partial charge in [-0.1, -0.05) is 56.3 Å². The summed E-state index contributed by atoms with van der Waals surface area (Å²) in [6, 6.07) is 19.2. The maximum Gasteiger partial charge on any atom is 0.265 e. The lowest BCUT2D eigenvalue weighted by Crippen LogP contribution is -2.22. The fraction of sp³-hybridized carbons (Fsp3) is 0.217. The van der Waals surface area contributed by atoms with Gasteiger partial charge >= 0.3 is 0 Å². The smallest absolute Gasteiger partial charge is 0.265 e. The minimum absolute atomic E-state index is 0.0231. The molecular weight excluding hydrogens is 384 g/mol. The molecule has 0 fully saturated rings. The van der Waals surface area contributed by atoms with E-state index < -0.39 is 0 Å². The van der Waals surface area contributed by atoms with Gasteiger partial charge < -0.3 is 15.4 Å². The molecule has 29 heavy (non-hydrogen) atoms. The molecule has 5 nitrogen and oxygen atoms in total. The number of carbonyl (C=O) groups excluding carboxylic acids is 2. The van der Waals surface area contributed by atoms with Crippen molar-refractivity contribution in [1.82, 2.24) is 5.32 Å². The van der Waals surface area contributed by atoms with Gasteiger partial charge in [-0.2, -0.15) is 0 Å². The first-order valence-corrected chi connectivity index (χ1v) is 10.2. The van der Waals surface area contributed by atoms with E-state index in [9.17, 15) is 9.59 Å². The van der Waals surface area contributed by atoms with Crippen LogP contribution in [0.15, 0.2) is 60.7 Å². The topological polar surface area (TPSA) is 67.4 Å². The molecule has 0 unspecified atom stereocenters. The fourth-order valence-electron chi connectivity index (χ4n) is 2.68. The van der Waals surface area contributed by atoms with Crippen LogP contribution in [-0.4, -0.2) is 18.9 Å². The molecule has 1 heterocycles. The van der Waals surface area contributed by atoms with Crippen molar-refractivity contribution >= 4 is 28.8 Å². The minimum Gasteiger partial charge on any atom is -0.495 e. The van der Waals surface area contributed by atoms with Crippen LogP contribution in [0.2, 0.25) is 0 Å². The number of anilines is 1. The molecule has 2 aromatic carbocycles. The maximum absolute atomic E-state index is 12.7. The van der Waals surface area contributed by atoms with Gasteiger partial charge in [-0.25, -0.2) is 0 Å². The summed E-state index contributed by atoms with van der Waals surface area (Å²) in [6.45, 7) is 4.08. The predicted molar refractivity (Wildman–Crippen MR) is 117 cm³/mol. The number of rotatable bonds is 7. The SMILES string of the molecule is COc1cc(-c2ccccc2)sc1C(=O)NCc1ccc(NC(=O)C(C)C)cc1. The van der Waals surface area contributed by atoms with Gasteiger partial charge in [-0.3, -0.25) is 9.59 Å². The van der Waals surface area contributed by atoms with Crippen LogP contribution in [0.5, 0.6) is 5.75 Å². The number of nitrogens with one attached hydrogen (secondary N) is 2. The Morgan fingerprint density at radius 3 is 2.34 bits per heavy atom. The molecule has 3 aromatic rings. The van der Waals surface area contributed by atoms with Gasteiger partial charge in [0.1, 0.15) is 10.6 Å². The normalized spacial score (nSPS) is 10.6. The van der Waals surface area contributed by atoms with Crippen molar-refractivity contribution in [1.29, 1.82) is 0 Å². The van der Waals surface area contributed by atoms with E-state index in [0.717, 1.165) is 21.7 Å². The van der Waals surface area contributed by atoms with Crippen molar-refractivity contribution in [3.63, 3.8) is 0 Å². The Morgan fingerprint density at radius 1 is 1.03 bits per heavy atom. The first-order chi connectivity index (χ1) is 14.0. The highest BCUT2D eigenvalue weighted by molar-refractivity contribution is 7.17. The average molecular weight is 409 g/mol. The number of hydrogen-bond acceptors (Lipinski definition) is 4. The minimum atomic E-state index is -0.175. The summed E-state index contributed by atoms with van der Waals surface area (Å²) in [7, 11) is 1.57. The van der Waals surface area contributed by atoms with Gasteiger partial charge in [0, 0.05) is 23.0 Å². The average Bonchev–Trinajstić information content (AvgIpc) is 3.18. The van der Waals surface area contributed by atoms with E-state index in [2.05, 4.69) is 10.6 Å². The second-order valence-electron chi connectivity index (χ2n) is 6.90. The number of amides is 2. The lowest BCUT2D eigenvalue weighted by atomic mass is 10.1. The molecule has 2 N–H and O–H groups in total.